The van der Waals surface area contributed by atoms with Crippen LogP contribution in [0.2, 0.25) is 10.0 Å². The monoisotopic (exact) mass is 217 g/mol. The third-order valence-electron chi connectivity index (χ3n) is 1.65. The molecule has 0 bridgehead atoms. The minimum absolute atomic E-state index is 0.576. The zero-order valence-corrected chi connectivity index (χ0v) is 9.28. The third kappa shape index (κ3) is 3.09. The van der Waals surface area contributed by atoms with Crippen LogP contribution < -0.4 is 5.32 Å². The van der Waals surface area contributed by atoms with Gasteiger partial charge in [-0.2, -0.15) is 0 Å². The second-order valence-corrected chi connectivity index (χ2v) is 4.19. The molecule has 1 aromatic rings. The van der Waals surface area contributed by atoms with Crippen LogP contribution in [0.1, 0.15) is 13.8 Å². The van der Waals surface area contributed by atoms with Gasteiger partial charge in [-0.05, 0) is 18.1 Å². The first-order valence-electron chi connectivity index (χ1n) is 4.29. The lowest BCUT2D eigenvalue weighted by molar-refractivity contribution is 0.689. The van der Waals surface area contributed by atoms with E-state index < -0.39 is 0 Å². The normalized spacial score (nSPS) is 10.5. The number of hydrogen-bond donors (Lipinski definition) is 1. The van der Waals surface area contributed by atoms with Gasteiger partial charge in [-0.15, -0.1) is 0 Å². The van der Waals surface area contributed by atoms with Gasteiger partial charge in [0.1, 0.15) is 0 Å². The number of rotatable bonds is 3. The maximum Gasteiger partial charge on any atom is 0.0719 e. The molecular weight excluding hydrogens is 205 g/mol. The van der Waals surface area contributed by atoms with Crippen molar-refractivity contribution in [3.8, 4) is 0 Å². The first-order valence-corrected chi connectivity index (χ1v) is 5.04. The lowest BCUT2D eigenvalue weighted by atomic mass is 10.2. The Hall–Kier alpha value is -0.400. The number of anilines is 1. The summed E-state index contributed by atoms with van der Waals surface area (Å²) in [5, 5.41) is 4.57. The molecule has 72 valence electrons. The van der Waals surface area contributed by atoms with E-state index >= 15 is 0 Å². The summed E-state index contributed by atoms with van der Waals surface area (Å²) >= 11 is 11.9. The molecule has 1 nitrogen and oxygen atoms in total. The van der Waals surface area contributed by atoms with Gasteiger partial charge in [-0.25, -0.2) is 0 Å². The topological polar surface area (TPSA) is 12.0 Å². The predicted molar refractivity (Wildman–Crippen MR) is 59.8 cm³/mol. The minimum atomic E-state index is 0.576. The molecule has 0 atom stereocenters. The Kier molecular flexibility index (Phi) is 3.89. The van der Waals surface area contributed by atoms with Gasteiger partial charge in [0.2, 0.25) is 0 Å². The third-order valence-corrected chi connectivity index (χ3v) is 2.28. The number of para-hydroxylation sites is 1. The molecule has 1 rings (SSSR count). The molecule has 0 spiro atoms. The van der Waals surface area contributed by atoms with Gasteiger partial charge in [-0.3, -0.25) is 0 Å². The Labute approximate surface area is 89.0 Å². The van der Waals surface area contributed by atoms with Crippen molar-refractivity contribution in [3.63, 3.8) is 0 Å². The van der Waals surface area contributed by atoms with E-state index in [9.17, 15) is 0 Å². The van der Waals surface area contributed by atoms with E-state index in [-0.39, 0.29) is 0 Å². The van der Waals surface area contributed by atoms with E-state index in [1.807, 2.05) is 18.2 Å². The number of nitrogens with one attached hydrogen (secondary N) is 1. The van der Waals surface area contributed by atoms with Crippen LogP contribution in [0.5, 0.6) is 0 Å². The average Bonchev–Trinajstić information content (AvgIpc) is 2.03. The van der Waals surface area contributed by atoms with Gasteiger partial charge in [0.05, 0.1) is 15.7 Å². The first kappa shape index (κ1) is 10.7. The molecule has 3 heteroatoms. The van der Waals surface area contributed by atoms with Crippen molar-refractivity contribution in [1.82, 2.24) is 0 Å². The molecule has 0 amide bonds. The molecule has 0 heterocycles. The fraction of sp³-hybridized carbons (Fsp3) is 0.400. The van der Waals surface area contributed by atoms with E-state index in [4.69, 9.17) is 23.2 Å². The molecule has 0 aliphatic heterocycles. The Morgan fingerprint density at radius 1 is 1.23 bits per heavy atom. The van der Waals surface area contributed by atoms with Gasteiger partial charge in [0.25, 0.3) is 0 Å². The lowest BCUT2D eigenvalue weighted by Gasteiger charge is -2.11. The molecule has 0 aliphatic rings. The molecule has 0 aromatic heterocycles. The van der Waals surface area contributed by atoms with Crippen molar-refractivity contribution in [2.75, 3.05) is 11.9 Å². The maximum absolute atomic E-state index is 5.97. The van der Waals surface area contributed by atoms with Crippen LogP contribution in [-0.2, 0) is 0 Å². The SMILES string of the molecule is CC(C)CNc1c(Cl)cccc1Cl. The van der Waals surface area contributed by atoms with Gasteiger partial charge in [0.15, 0.2) is 0 Å². The zero-order chi connectivity index (χ0) is 9.84. The molecule has 13 heavy (non-hydrogen) atoms. The summed E-state index contributed by atoms with van der Waals surface area (Å²) in [5.41, 5.74) is 0.833. The van der Waals surface area contributed by atoms with Gasteiger partial charge in [-0.1, -0.05) is 43.1 Å². The summed E-state index contributed by atoms with van der Waals surface area (Å²) in [6, 6.07) is 5.50. The predicted octanol–water partition coefficient (Wildman–Crippen LogP) is 4.06. The number of hydrogen-bond acceptors (Lipinski definition) is 1. The van der Waals surface area contributed by atoms with Crippen molar-refractivity contribution in [3.05, 3.63) is 28.2 Å². The van der Waals surface area contributed by atoms with Crippen molar-refractivity contribution < 1.29 is 0 Å². The Morgan fingerprint density at radius 3 is 2.23 bits per heavy atom. The van der Waals surface area contributed by atoms with Crippen LogP contribution in [0.25, 0.3) is 0 Å². The summed E-state index contributed by atoms with van der Waals surface area (Å²) in [7, 11) is 0. The summed E-state index contributed by atoms with van der Waals surface area (Å²) in [5.74, 6) is 0.576. The zero-order valence-electron chi connectivity index (χ0n) is 7.77. The highest BCUT2D eigenvalue weighted by Gasteiger charge is 2.04. The molecule has 1 aromatic carbocycles. The summed E-state index contributed by atoms with van der Waals surface area (Å²) < 4.78 is 0. The Balaban J connectivity index is 2.75. The fourth-order valence-electron chi connectivity index (χ4n) is 0.973. The average molecular weight is 218 g/mol. The number of benzene rings is 1. The summed E-state index contributed by atoms with van der Waals surface area (Å²) in [6.45, 7) is 5.15. The molecule has 0 saturated carbocycles. The standard InChI is InChI=1S/C10H13Cl2N/c1-7(2)6-13-10-8(11)4-3-5-9(10)12/h3-5,7,13H,6H2,1-2H3. The smallest absolute Gasteiger partial charge is 0.0719 e. The molecule has 0 aliphatic carbocycles. The quantitative estimate of drug-likeness (QED) is 0.806. The lowest BCUT2D eigenvalue weighted by Crippen LogP contribution is -2.08. The van der Waals surface area contributed by atoms with Crippen molar-refractivity contribution in [1.29, 1.82) is 0 Å². The second kappa shape index (κ2) is 4.73. The summed E-state index contributed by atoms with van der Waals surface area (Å²) in [4.78, 5) is 0. The Bertz CT molecular complexity index is 264. The molecule has 0 unspecified atom stereocenters. The van der Waals surface area contributed by atoms with E-state index in [2.05, 4.69) is 19.2 Å². The van der Waals surface area contributed by atoms with E-state index in [1.165, 1.54) is 0 Å². The van der Waals surface area contributed by atoms with Crippen LogP contribution >= 0.6 is 23.2 Å². The minimum Gasteiger partial charge on any atom is -0.382 e. The molecular formula is C10H13Cl2N. The molecule has 0 saturated heterocycles. The van der Waals surface area contributed by atoms with Gasteiger partial charge < -0.3 is 5.32 Å². The number of halogens is 2. The van der Waals surface area contributed by atoms with E-state index in [0.29, 0.717) is 16.0 Å². The van der Waals surface area contributed by atoms with E-state index in [0.717, 1.165) is 12.2 Å². The van der Waals surface area contributed by atoms with Crippen LogP contribution in [0.3, 0.4) is 0 Å². The largest absolute Gasteiger partial charge is 0.382 e. The molecule has 0 fully saturated rings. The van der Waals surface area contributed by atoms with E-state index in [1.54, 1.807) is 0 Å². The van der Waals surface area contributed by atoms with Crippen molar-refractivity contribution >= 4 is 28.9 Å². The maximum atomic E-state index is 5.97. The second-order valence-electron chi connectivity index (χ2n) is 3.37. The molecule has 1 N–H and O–H groups in total. The fourth-order valence-corrected chi connectivity index (χ4v) is 1.50. The van der Waals surface area contributed by atoms with Crippen LogP contribution in [-0.4, -0.2) is 6.54 Å². The van der Waals surface area contributed by atoms with Gasteiger partial charge >= 0.3 is 0 Å². The highest BCUT2D eigenvalue weighted by Crippen LogP contribution is 2.29. The van der Waals surface area contributed by atoms with Crippen LogP contribution in [0.15, 0.2) is 18.2 Å². The van der Waals surface area contributed by atoms with Crippen molar-refractivity contribution in [2.45, 2.75) is 13.8 Å². The van der Waals surface area contributed by atoms with Crippen LogP contribution in [0, 0.1) is 5.92 Å². The highest BCUT2D eigenvalue weighted by molar-refractivity contribution is 6.39. The van der Waals surface area contributed by atoms with Crippen LogP contribution in [0.4, 0.5) is 5.69 Å². The molecule has 0 radical (unpaired) electrons. The Morgan fingerprint density at radius 2 is 1.77 bits per heavy atom. The first-order chi connectivity index (χ1) is 6.11. The van der Waals surface area contributed by atoms with Gasteiger partial charge in [0, 0.05) is 6.54 Å². The summed E-state index contributed by atoms with van der Waals surface area (Å²) in [6.07, 6.45) is 0. The highest BCUT2D eigenvalue weighted by atomic mass is 35.5. The van der Waals surface area contributed by atoms with Crippen molar-refractivity contribution in [2.24, 2.45) is 5.92 Å².